The van der Waals surface area contributed by atoms with Gasteiger partial charge in [-0.15, -0.1) is 0 Å². The molecule has 1 fully saturated rings. The minimum atomic E-state index is -3.84. The summed E-state index contributed by atoms with van der Waals surface area (Å²) >= 11 is 0. The van der Waals surface area contributed by atoms with Gasteiger partial charge in [0.25, 0.3) is 10.0 Å². The Bertz CT molecular complexity index is 1500. The normalized spacial score (nSPS) is 18.9. The van der Waals surface area contributed by atoms with Crippen molar-refractivity contribution in [2.45, 2.75) is 109 Å². The molecule has 11 heteroatoms. The minimum Gasteiger partial charge on any atom is -0.445 e. The number of aryl methyl sites for hydroxylation is 1. The Morgan fingerprint density at radius 3 is 2.45 bits per heavy atom. The van der Waals surface area contributed by atoms with E-state index < -0.39 is 15.6 Å². The van der Waals surface area contributed by atoms with Gasteiger partial charge in [0.1, 0.15) is 12.2 Å². The number of rotatable bonds is 12. The Kier molecular flexibility index (Phi) is 12.1. The number of amides is 2. The Morgan fingerprint density at radius 1 is 1.04 bits per heavy atom. The first-order chi connectivity index (χ1) is 22.1. The third-order valence-electron chi connectivity index (χ3n) is 9.04. The van der Waals surface area contributed by atoms with Crippen molar-refractivity contribution in [3.8, 4) is 0 Å². The summed E-state index contributed by atoms with van der Waals surface area (Å²) in [5.74, 6) is 0.721. The fraction of sp³-hybridized carbons (Fsp3) is 0.583. The van der Waals surface area contributed by atoms with Crippen LogP contribution in [-0.4, -0.2) is 66.2 Å². The molecule has 1 saturated heterocycles. The molecule has 2 atom stereocenters. The number of unbranched alkanes of at least 4 members (excludes halogenated alkanes) is 1. The number of benzene rings is 1. The van der Waals surface area contributed by atoms with Gasteiger partial charge in [-0.1, -0.05) is 54.5 Å². The van der Waals surface area contributed by atoms with E-state index in [0.717, 1.165) is 50.5 Å². The molecule has 10 nitrogen and oxygen atoms in total. The summed E-state index contributed by atoms with van der Waals surface area (Å²) in [7, 11) is -3.84. The van der Waals surface area contributed by atoms with E-state index in [4.69, 9.17) is 14.6 Å². The molecule has 0 saturated carbocycles. The van der Waals surface area contributed by atoms with Gasteiger partial charge < -0.3 is 19.3 Å². The van der Waals surface area contributed by atoms with E-state index in [1.54, 1.807) is 11.0 Å². The second kappa shape index (κ2) is 15.6. The van der Waals surface area contributed by atoms with Crippen LogP contribution < -0.4 is 5.14 Å². The quantitative estimate of drug-likeness (QED) is 0.193. The lowest BCUT2D eigenvalue weighted by molar-refractivity contribution is 0.0130. The molecule has 3 heterocycles. The molecule has 2 aromatic rings. The maximum atomic E-state index is 13.0. The molecular formula is C36H52N4O6S. The molecule has 0 bridgehead atoms. The van der Waals surface area contributed by atoms with E-state index >= 15 is 0 Å². The molecule has 1 aromatic heterocycles. The number of likely N-dealkylation sites (tertiary alicyclic amines) is 1. The first kappa shape index (κ1) is 36.4. The van der Waals surface area contributed by atoms with Crippen molar-refractivity contribution in [3.63, 3.8) is 0 Å². The Labute approximate surface area is 280 Å². The highest BCUT2D eigenvalue weighted by Crippen LogP contribution is 2.38. The molecule has 4 rings (SSSR count). The van der Waals surface area contributed by atoms with Crippen molar-refractivity contribution >= 4 is 22.2 Å². The van der Waals surface area contributed by atoms with Gasteiger partial charge in [0.15, 0.2) is 5.03 Å². The fourth-order valence-electron chi connectivity index (χ4n) is 6.65. The standard InChI is InChI=1S/C36H52N4O6S/c1-35(2,3)46-34(42)40-25-28(24-36(40,4)5)18-19-29(14-9-10-15-31-16-11-17-32(38-31)47(37,43)44)30-20-22-39(23-21-30)33(41)45-26-27-12-7-6-8-13-27/h6-8,11-13,16-17,20,28-29H,9-10,14-15,18-19,21-26H2,1-5H3,(H2,37,43,44)/t28-,29?/m0/s1. The average molecular weight is 669 g/mol. The highest BCUT2D eigenvalue weighted by Gasteiger charge is 2.43. The molecule has 2 amide bonds. The SMILES string of the molecule is CC(C)(C)OC(=O)N1C[C@@H](CCC(CCCCc2cccc(S(N)(=O)=O)n2)C2=CCN(C(=O)OCc3ccccc3)CC2)CC1(C)C. The zero-order chi connectivity index (χ0) is 34.2. The van der Waals surface area contributed by atoms with Gasteiger partial charge >= 0.3 is 12.2 Å². The lowest BCUT2D eigenvalue weighted by Crippen LogP contribution is -2.45. The van der Waals surface area contributed by atoms with E-state index in [0.29, 0.717) is 43.6 Å². The third-order valence-corrected chi connectivity index (χ3v) is 9.85. The van der Waals surface area contributed by atoms with Crippen molar-refractivity contribution in [2.75, 3.05) is 19.6 Å². The highest BCUT2D eigenvalue weighted by atomic mass is 32.2. The van der Waals surface area contributed by atoms with Gasteiger partial charge in [-0.25, -0.2) is 28.1 Å². The average Bonchev–Trinajstić information content (AvgIpc) is 3.33. The smallest absolute Gasteiger partial charge is 0.410 e. The maximum absolute atomic E-state index is 13.0. The Balaban J connectivity index is 1.37. The molecule has 258 valence electrons. The van der Waals surface area contributed by atoms with Crippen molar-refractivity contribution in [1.82, 2.24) is 14.8 Å². The zero-order valence-electron chi connectivity index (χ0n) is 28.6. The number of hydrogen-bond acceptors (Lipinski definition) is 7. The maximum Gasteiger partial charge on any atom is 0.410 e. The highest BCUT2D eigenvalue weighted by molar-refractivity contribution is 7.89. The van der Waals surface area contributed by atoms with Crippen LogP contribution in [0.1, 0.15) is 90.8 Å². The first-order valence-electron chi connectivity index (χ1n) is 16.7. The lowest BCUT2D eigenvalue weighted by Gasteiger charge is -2.33. The number of sulfonamides is 1. The summed E-state index contributed by atoms with van der Waals surface area (Å²) < 4.78 is 34.8. The van der Waals surface area contributed by atoms with E-state index in [-0.39, 0.29) is 29.4 Å². The van der Waals surface area contributed by atoms with Crippen LogP contribution in [0.15, 0.2) is 65.2 Å². The number of hydrogen-bond donors (Lipinski definition) is 1. The van der Waals surface area contributed by atoms with Crippen molar-refractivity contribution < 1.29 is 27.5 Å². The summed E-state index contributed by atoms with van der Waals surface area (Å²) in [6, 6.07) is 14.6. The number of ether oxygens (including phenoxy) is 2. The number of nitrogens with two attached hydrogens (primary N) is 1. The molecule has 47 heavy (non-hydrogen) atoms. The lowest BCUT2D eigenvalue weighted by atomic mass is 9.82. The van der Waals surface area contributed by atoms with Gasteiger partial charge in [-0.2, -0.15) is 0 Å². The van der Waals surface area contributed by atoms with Crippen LogP contribution in [-0.2, 0) is 32.5 Å². The summed E-state index contributed by atoms with van der Waals surface area (Å²) in [6.07, 6.45) is 8.80. The van der Waals surface area contributed by atoms with Crippen LogP contribution in [0.25, 0.3) is 0 Å². The molecule has 2 aliphatic heterocycles. The molecule has 0 radical (unpaired) electrons. The monoisotopic (exact) mass is 668 g/mol. The molecular weight excluding hydrogens is 616 g/mol. The van der Waals surface area contributed by atoms with Crippen LogP contribution in [0, 0.1) is 11.8 Å². The number of pyridine rings is 1. The van der Waals surface area contributed by atoms with Crippen LogP contribution in [0.5, 0.6) is 0 Å². The number of carbonyl (C=O) groups excluding carboxylic acids is 2. The van der Waals surface area contributed by atoms with Gasteiger partial charge in [0.05, 0.1) is 0 Å². The predicted octanol–water partition coefficient (Wildman–Crippen LogP) is 6.84. The topological polar surface area (TPSA) is 132 Å². The second-order valence-electron chi connectivity index (χ2n) is 14.5. The molecule has 1 aromatic carbocycles. The number of aromatic nitrogens is 1. The van der Waals surface area contributed by atoms with Crippen LogP contribution in [0.2, 0.25) is 0 Å². The van der Waals surface area contributed by atoms with Gasteiger partial charge in [0.2, 0.25) is 0 Å². The molecule has 0 aliphatic carbocycles. The summed E-state index contributed by atoms with van der Waals surface area (Å²) in [5.41, 5.74) is 2.23. The van der Waals surface area contributed by atoms with Gasteiger partial charge in [-0.3, -0.25) is 0 Å². The Morgan fingerprint density at radius 2 is 1.79 bits per heavy atom. The predicted molar refractivity (Wildman–Crippen MR) is 182 cm³/mol. The second-order valence-corrected chi connectivity index (χ2v) is 16.0. The number of nitrogens with zero attached hydrogens (tertiary/aromatic N) is 3. The molecule has 2 aliphatic rings. The van der Waals surface area contributed by atoms with E-state index in [1.807, 2.05) is 62.1 Å². The van der Waals surface area contributed by atoms with Crippen molar-refractivity contribution in [1.29, 1.82) is 0 Å². The van der Waals surface area contributed by atoms with Crippen LogP contribution >= 0.6 is 0 Å². The summed E-state index contributed by atoms with van der Waals surface area (Å²) in [5, 5.41) is 5.17. The largest absolute Gasteiger partial charge is 0.445 e. The first-order valence-corrected chi connectivity index (χ1v) is 18.3. The summed E-state index contributed by atoms with van der Waals surface area (Å²) in [6.45, 7) is 12.0. The summed E-state index contributed by atoms with van der Waals surface area (Å²) in [4.78, 5) is 33.7. The van der Waals surface area contributed by atoms with Crippen molar-refractivity contribution in [3.05, 3.63) is 71.4 Å². The van der Waals surface area contributed by atoms with Crippen LogP contribution in [0.4, 0.5) is 9.59 Å². The van der Waals surface area contributed by atoms with E-state index in [2.05, 4.69) is 24.9 Å². The molecule has 0 spiro atoms. The van der Waals surface area contributed by atoms with Crippen molar-refractivity contribution in [2.24, 2.45) is 17.0 Å². The van der Waals surface area contributed by atoms with Gasteiger partial charge in [-0.05, 0) is 109 Å². The molecule has 1 unspecified atom stereocenters. The van der Waals surface area contributed by atoms with Crippen LogP contribution in [0.3, 0.4) is 0 Å². The number of carbonyl (C=O) groups is 2. The van der Waals surface area contributed by atoms with Gasteiger partial charge in [0, 0.05) is 30.9 Å². The third kappa shape index (κ3) is 11.1. The minimum absolute atomic E-state index is 0.105. The van der Waals surface area contributed by atoms with E-state index in [9.17, 15) is 18.0 Å². The zero-order valence-corrected chi connectivity index (χ0v) is 29.4. The van der Waals surface area contributed by atoms with E-state index in [1.165, 1.54) is 11.6 Å². The number of primary sulfonamides is 1. The fourth-order valence-corrected chi connectivity index (χ4v) is 7.17. The molecule has 2 N–H and O–H groups in total. The Hall–Kier alpha value is -3.44.